The van der Waals surface area contributed by atoms with Crippen LogP contribution in [-0.2, 0) is 32.7 Å². The second-order valence-corrected chi connectivity index (χ2v) is 22.4. The molecule has 0 N–H and O–H groups in total. The SMILES string of the molecule is CC/C=C\C/C=C\C/C=C\C/C=C\C/C=C\CC(=O)OC(COC(=O)CCCCCCCCCCCCCCCCCCCCCCC/C=C\CCCCCCCCCC)COP(=O)([O-])OCC[N+](C)(C)C. The van der Waals surface area contributed by atoms with Gasteiger partial charge in [-0.05, 0) is 64.2 Å². The summed E-state index contributed by atoms with van der Waals surface area (Å²) in [5.74, 6) is -0.976. The predicted octanol–water partition coefficient (Wildman–Crippen LogP) is 17.8. The summed E-state index contributed by atoms with van der Waals surface area (Å²) in [5, 5.41) is 0. The van der Waals surface area contributed by atoms with Crippen LogP contribution in [0.5, 0.6) is 0 Å². The van der Waals surface area contributed by atoms with E-state index in [4.69, 9.17) is 18.5 Å². The molecule has 2 unspecified atom stereocenters. The van der Waals surface area contributed by atoms with E-state index < -0.39 is 32.5 Å². The summed E-state index contributed by atoms with van der Waals surface area (Å²) in [6, 6.07) is 0. The van der Waals surface area contributed by atoms with Gasteiger partial charge in [0.25, 0.3) is 7.82 Å². The van der Waals surface area contributed by atoms with Crippen LogP contribution in [0, 0.1) is 0 Å². The number of likely N-dealkylation sites (N-methyl/N-ethyl adjacent to an activating group) is 1. The summed E-state index contributed by atoms with van der Waals surface area (Å²) in [5.41, 5.74) is 0. The van der Waals surface area contributed by atoms with Crippen LogP contribution in [-0.4, -0.2) is 70.0 Å². The predicted molar refractivity (Wildman–Crippen MR) is 305 cm³/mol. The van der Waals surface area contributed by atoms with Gasteiger partial charge >= 0.3 is 11.9 Å². The van der Waals surface area contributed by atoms with Gasteiger partial charge in [-0.25, -0.2) is 0 Å². The monoisotopic (exact) mass is 1030 g/mol. The molecule has 0 spiro atoms. The number of hydrogen-bond acceptors (Lipinski definition) is 8. The first kappa shape index (κ1) is 69.5. The molecule has 0 bridgehead atoms. The van der Waals surface area contributed by atoms with Crippen LogP contribution in [0.3, 0.4) is 0 Å². The van der Waals surface area contributed by atoms with Crippen molar-refractivity contribution in [2.24, 2.45) is 0 Å². The number of nitrogens with zero attached hydrogens (tertiary/aromatic N) is 1. The number of quaternary nitrogens is 1. The highest BCUT2D eigenvalue weighted by Crippen LogP contribution is 2.38. The van der Waals surface area contributed by atoms with Crippen molar-refractivity contribution in [2.75, 3.05) is 47.5 Å². The lowest BCUT2D eigenvalue weighted by atomic mass is 10.0. The third-order valence-corrected chi connectivity index (χ3v) is 13.7. The van der Waals surface area contributed by atoms with E-state index in [1.165, 1.54) is 180 Å². The van der Waals surface area contributed by atoms with E-state index in [9.17, 15) is 19.0 Å². The van der Waals surface area contributed by atoms with Crippen LogP contribution >= 0.6 is 7.82 Å². The van der Waals surface area contributed by atoms with Gasteiger partial charge in [-0.3, -0.25) is 14.2 Å². The smallest absolute Gasteiger partial charge is 0.310 e. The minimum absolute atomic E-state index is 0.00823. The third-order valence-electron chi connectivity index (χ3n) is 12.7. The summed E-state index contributed by atoms with van der Waals surface area (Å²) in [6.07, 6.45) is 70.2. The van der Waals surface area contributed by atoms with E-state index in [1.807, 2.05) is 33.3 Å². The van der Waals surface area contributed by atoms with Gasteiger partial charge in [0.2, 0.25) is 0 Å². The Morgan fingerprint density at radius 1 is 0.458 bits per heavy atom. The Morgan fingerprint density at radius 2 is 0.833 bits per heavy atom. The molecule has 72 heavy (non-hydrogen) atoms. The zero-order chi connectivity index (χ0) is 52.7. The molecule has 0 aromatic heterocycles. The fourth-order valence-electron chi connectivity index (χ4n) is 8.20. The van der Waals surface area contributed by atoms with Crippen molar-refractivity contribution in [2.45, 2.75) is 264 Å². The molecule has 0 aliphatic carbocycles. The Kier molecular flexibility index (Phi) is 51.4. The van der Waals surface area contributed by atoms with Crippen LogP contribution in [0.2, 0.25) is 0 Å². The second kappa shape index (κ2) is 53.3. The fourth-order valence-corrected chi connectivity index (χ4v) is 8.93. The van der Waals surface area contributed by atoms with Gasteiger partial charge in [0.15, 0.2) is 6.10 Å². The van der Waals surface area contributed by atoms with Crippen molar-refractivity contribution in [1.29, 1.82) is 0 Å². The van der Waals surface area contributed by atoms with Crippen molar-refractivity contribution >= 4 is 19.8 Å². The Balaban J connectivity index is 4.04. The molecule has 0 saturated carbocycles. The Morgan fingerprint density at radius 3 is 1.24 bits per heavy atom. The van der Waals surface area contributed by atoms with Gasteiger partial charge in [0, 0.05) is 6.42 Å². The lowest BCUT2D eigenvalue weighted by Gasteiger charge is -2.28. The summed E-state index contributed by atoms with van der Waals surface area (Å²) >= 11 is 0. The number of carbonyl (C=O) groups excluding carboxylic acids is 2. The number of esters is 2. The molecule has 0 rings (SSSR count). The lowest BCUT2D eigenvalue weighted by Crippen LogP contribution is -2.37. The number of allylic oxidation sites excluding steroid dienone is 11. The third kappa shape index (κ3) is 56.7. The number of hydrogen-bond donors (Lipinski definition) is 0. The molecule has 10 heteroatoms. The van der Waals surface area contributed by atoms with Gasteiger partial charge in [-0.1, -0.05) is 254 Å². The van der Waals surface area contributed by atoms with Gasteiger partial charge in [0.05, 0.1) is 34.2 Å². The average Bonchev–Trinajstić information content (AvgIpc) is 3.34. The molecule has 0 aliphatic rings. The molecule has 0 saturated heterocycles. The second-order valence-electron chi connectivity index (χ2n) is 21.0. The molecular formula is C62H112NO8P. The Bertz CT molecular complexity index is 1450. The van der Waals surface area contributed by atoms with E-state index in [0.29, 0.717) is 17.4 Å². The first-order valence-electron chi connectivity index (χ1n) is 29.6. The highest BCUT2D eigenvalue weighted by Gasteiger charge is 2.21. The first-order valence-corrected chi connectivity index (χ1v) is 31.1. The quantitative estimate of drug-likeness (QED) is 0.0195. The van der Waals surface area contributed by atoms with Crippen molar-refractivity contribution < 1.29 is 42.1 Å². The standard InChI is InChI=1S/C62H112NO8P/c1-6-8-10-12-14-16-18-20-22-23-24-25-26-27-28-29-30-31-32-33-34-35-36-37-38-39-41-42-44-46-48-50-52-54-61(64)68-58-60(59-70-72(66,67)69-57-56-63(3,4)5)71-62(65)55-53-51-49-47-45-43-40-21-19-17-15-13-11-9-7-2/h9,11,15,17,21,23-24,40,45,47,51,53,60H,6-8,10,12-14,16,18-20,22,25-39,41-44,46,48-50,52,54-59H2,1-5H3/b11-9-,17-15-,24-23-,40-21-,47-45-,53-51-. The van der Waals surface area contributed by atoms with E-state index in [0.717, 1.165) is 44.9 Å². The first-order chi connectivity index (χ1) is 35.0. The molecule has 0 radical (unpaired) electrons. The molecule has 0 aliphatic heterocycles. The molecular weight excluding hydrogens is 918 g/mol. The van der Waals surface area contributed by atoms with Crippen LogP contribution in [0.4, 0.5) is 0 Å². The highest BCUT2D eigenvalue weighted by molar-refractivity contribution is 7.45. The zero-order valence-electron chi connectivity index (χ0n) is 47.4. The van der Waals surface area contributed by atoms with Crippen molar-refractivity contribution in [3.63, 3.8) is 0 Å². The summed E-state index contributed by atoms with van der Waals surface area (Å²) in [7, 11) is 1.11. The molecule has 2 atom stereocenters. The maximum Gasteiger partial charge on any atom is 0.310 e. The number of carbonyl (C=O) groups is 2. The van der Waals surface area contributed by atoms with Crippen molar-refractivity contribution in [3.05, 3.63) is 72.9 Å². The topological polar surface area (TPSA) is 111 Å². The normalized spacial score (nSPS) is 13.8. The number of unbranched alkanes of at least 4 members (excludes halogenated alkanes) is 29. The number of phosphoric ester groups is 1. The lowest BCUT2D eigenvalue weighted by molar-refractivity contribution is -0.870. The van der Waals surface area contributed by atoms with E-state index >= 15 is 0 Å². The number of rotatable bonds is 54. The van der Waals surface area contributed by atoms with E-state index in [1.54, 1.807) is 6.08 Å². The highest BCUT2D eigenvalue weighted by atomic mass is 31.2. The molecule has 418 valence electrons. The summed E-state index contributed by atoms with van der Waals surface area (Å²) in [6.45, 7) is 4.02. The number of ether oxygens (including phenoxy) is 2. The fraction of sp³-hybridized carbons (Fsp3) is 0.774. The summed E-state index contributed by atoms with van der Waals surface area (Å²) in [4.78, 5) is 37.7. The molecule has 9 nitrogen and oxygen atoms in total. The van der Waals surface area contributed by atoms with Gasteiger partial charge in [-0.15, -0.1) is 0 Å². The van der Waals surface area contributed by atoms with E-state index in [-0.39, 0.29) is 26.1 Å². The average molecular weight is 1030 g/mol. The largest absolute Gasteiger partial charge is 0.756 e. The minimum Gasteiger partial charge on any atom is -0.756 e. The Hall–Kier alpha value is -2.55. The van der Waals surface area contributed by atoms with Gasteiger partial charge in [-0.2, -0.15) is 0 Å². The maximum atomic E-state index is 12.7. The van der Waals surface area contributed by atoms with Crippen molar-refractivity contribution in [3.8, 4) is 0 Å². The molecule has 0 heterocycles. The van der Waals surface area contributed by atoms with Crippen LogP contribution in [0.15, 0.2) is 72.9 Å². The molecule has 0 aromatic carbocycles. The minimum atomic E-state index is -4.66. The molecule has 0 fully saturated rings. The van der Waals surface area contributed by atoms with Crippen LogP contribution < -0.4 is 4.89 Å². The summed E-state index contributed by atoms with van der Waals surface area (Å²) < 4.78 is 33.9. The zero-order valence-corrected chi connectivity index (χ0v) is 48.3. The molecule has 0 aromatic rings. The van der Waals surface area contributed by atoms with Crippen molar-refractivity contribution in [1.82, 2.24) is 0 Å². The van der Waals surface area contributed by atoms with Crippen LogP contribution in [0.25, 0.3) is 0 Å². The van der Waals surface area contributed by atoms with E-state index in [2.05, 4.69) is 68.5 Å². The van der Waals surface area contributed by atoms with Gasteiger partial charge in [0.1, 0.15) is 19.8 Å². The maximum absolute atomic E-state index is 12.7. The number of phosphoric acid groups is 1. The Labute approximate surface area is 444 Å². The molecule has 0 amide bonds. The van der Waals surface area contributed by atoms with Gasteiger partial charge < -0.3 is 27.9 Å². The van der Waals surface area contributed by atoms with Crippen LogP contribution in [0.1, 0.15) is 258 Å².